The van der Waals surface area contributed by atoms with E-state index in [1.165, 1.54) is 12.1 Å². The number of hydrazone groups is 1. The van der Waals surface area contributed by atoms with Crippen molar-refractivity contribution in [3.63, 3.8) is 0 Å². The maximum Gasteiger partial charge on any atom is 0.274 e. The Bertz CT molecular complexity index is 550. The number of allylic oxidation sites excluding steroid dienone is 2. The molecule has 0 spiro atoms. The smallest absolute Gasteiger partial charge is 0.267 e. The van der Waals surface area contributed by atoms with Crippen molar-refractivity contribution in [2.45, 2.75) is 12.8 Å². The number of fused-ring (bicyclic) bond motifs is 1. The molecular formula is C14H13FN2O. The number of rotatable bonds is 2. The SMILES string of the molecule is O=C(N/N=C1/C[C@H]2C=CC[C@@H]12)c1ccccc1F. The molecule has 0 saturated heterocycles. The standard InChI is InChI=1S/C14H13FN2O/c15-12-7-2-1-5-11(12)14(18)17-16-13-8-9-4-3-6-10(9)13/h1-5,7,9-10H,6,8H2,(H,17,18)/b16-13-/t9-,10-/m1/s1. The third-order valence-corrected chi connectivity index (χ3v) is 3.58. The molecule has 0 radical (unpaired) electrons. The third kappa shape index (κ3) is 1.83. The maximum absolute atomic E-state index is 13.4. The first-order chi connectivity index (χ1) is 8.75. The molecule has 2 aliphatic carbocycles. The molecule has 2 atom stereocenters. The Hall–Kier alpha value is -1.97. The van der Waals surface area contributed by atoms with E-state index >= 15 is 0 Å². The number of carbonyl (C=O) groups is 1. The predicted molar refractivity (Wildman–Crippen MR) is 66.7 cm³/mol. The summed E-state index contributed by atoms with van der Waals surface area (Å²) in [5, 5.41) is 4.10. The van der Waals surface area contributed by atoms with Crippen LogP contribution < -0.4 is 5.43 Å². The molecule has 4 heteroatoms. The molecule has 0 aromatic heterocycles. The van der Waals surface area contributed by atoms with E-state index in [1.807, 2.05) is 0 Å². The maximum atomic E-state index is 13.4. The van der Waals surface area contributed by atoms with Crippen LogP contribution in [0.5, 0.6) is 0 Å². The van der Waals surface area contributed by atoms with E-state index in [2.05, 4.69) is 22.7 Å². The minimum absolute atomic E-state index is 0.0299. The van der Waals surface area contributed by atoms with E-state index in [1.54, 1.807) is 12.1 Å². The van der Waals surface area contributed by atoms with Gasteiger partial charge < -0.3 is 0 Å². The quantitative estimate of drug-likeness (QED) is 0.630. The van der Waals surface area contributed by atoms with Crippen LogP contribution in [0.15, 0.2) is 41.5 Å². The Balaban J connectivity index is 1.66. The fraction of sp³-hybridized carbons (Fsp3) is 0.286. The van der Waals surface area contributed by atoms with Crippen LogP contribution in [-0.4, -0.2) is 11.6 Å². The monoisotopic (exact) mass is 244 g/mol. The van der Waals surface area contributed by atoms with E-state index < -0.39 is 11.7 Å². The van der Waals surface area contributed by atoms with Crippen LogP contribution in [0.4, 0.5) is 4.39 Å². The molecule has 1 aromatic carbocycles. The average molecular weight is 244 g/mol. The third-order valence-electron chi connectivity index (χ3n) is 3.58. The Morgan fingerprint density at radius 3 is 3.00 bits per heavy atom. The number of benzene rings is 1. The molecule has 1 fully saturated rings. The van der Waals surface area contributed by atoms with E-state index in [0.29, 0.717) is 11.8 Å². The Morgan fingerprint density at radius 1 is 1.39 bits per heavy atom. The molecule has 3 rings (SSSR count). The summed E-state index contributed by atoms with van der Waals surface area (Å²) in [7, 11) is 0. The first-order valence-corrected chi connectivity index (χ1v) is 6.03. The van der Waals surface area contributed by atoms with Crippen LogP contribution in [0, 0.1) is 17.7 Å². The summed E-state index contributed by atoms with van der Waals surface area (Å²) < 4.78 is 13.4. The van der Waals surface area contributed by atoms with Crippen molar-refractivity contribution in [3.05, 3.63) is 47.8 Å². The lowest BCUT2D eigenvalue weighted by molar-refractivity contribution is 0.0950. The lowest BCUT2D eigenvalue weighted by Gasteiger charge is -2.31. The molecule has 1 N–H and O–H groups in total. The van der Waals surface area contributed by atoms with Crippen LogP contribution in [0.3, 0.4) is 0 Å². The lowest BCUT2D eigenvalue weighted by Crippen LogP contribution is -2.35. The van der Waals surface area contributed by atoms with Gasteiger partial charge in [-0.3, -0.25) is 4.79 Å². The second-order valence-corrected chi connectivity index (χ2v) is 4.66. The largest absolute Gasteiger partial charge is 0.274 e. The summed E-state index contributed by atoms with van der Waals surface area (Å²) in [5.74, 6) is 0.0271. The number of nitrogens with one attached hydrogen (secondary N) is 1. The van der Waals surface area contributed by atoms with Crippen molar-refractivity contribution in [2.75, 3.05) is 0 Å². The number of hydrogen-bond donors (Lipinski definition) is 1. The molecular weight excluding hydrogens is 231 g/mol. The van der Waals surface area contributed by atoms with Crippen LogP contribution in [0.25, 0.3) is 0 Å². The summed E-state index contributed by atoms with van der Waals surface area (Å²) in [4.78, 5) is 11.7. The van der Waals surface area contributed by atoms with Gasteiger partial charge in [0.1, 0.15) is 5.82 Å². The van der Waals surface area contributed by atoms with Crippen molar-refractivity contribution in [2.24, 2.45) is 16.9 Å². The van der Waals surface area contributed by atoms with Gasteiger partial charge in [0.05, 0.1) is 5.56 Å². The van der Waals surface area contributed by atoms with Crippen molar-refractivity contribution in [1.29, 1.82) is 0 Å². The summed E-state index contributed by atoms with van der Waals surface area (Å²) in [5.41, 5.74) is 3.47. The Morgan fingerprint density at radius 2 is 2.22 bits per heavy atom. The highest BCUT2D eigenvalue weighted by atomic mass is 19.1. The number of carbonyl (C=O) groups excluding carboxylic acids is 1. The molecule has 1 aromatic rings. The van der Waals surface area contributed by atoms with E-state index in [-0.39, 0.29) is 5.56 Å². The molecule has 18 heavy (non-hydrogen) atoms. The molecule has 0 heterocycles. The topological polar surface area (TPSA) is 41.5 Å². The summed E-state index contributed by atoms with van der Waals surface area (Å²) >= 11 is 0. The van der Waals surface area contributed by atoms with Gasteiger partial charge in [0.2, 0.25) is 0 Å². The average Bonchev–Trinajstić information content (AvgIpc) is 2.71. The lowest BCUT2D eigenvalue weighted by atomic mass is 9.74. The molecule has 1 saturated carbocycles. The van der Waals surface area contributed by atoms with Crippen LogP contribution in [0.2, 0.25) is 0 Å². The van der Waals surface area contributed by atoms with Crippen molar-refractivity contribution < 1.29 is 9.18 Å². The molecule has 2 aliphatic rings. The van der Waals surface area contributed by atoms with E-state index in [0.717, 1.165) is 18.6 Å². The molecule has 0 unspecified atom stereocenters. The highest BCUT2D eigenvalue weighted by Crippen LogP contribution is 2.40. The van der Waals surface area contributed by atoms with Gasteiger partial charge in [-0.2, -0.15) is 5.10 Å². The molecule has 0 bridgehead atoms. The number of nitrogens with zero attached hydrogens (tertiary/aromatic N) is 1. The zero-order valence-corrected chi connectivity index (χ0v) is 9.77. The second-order valence-electron chi connectivity index (χ2n) is 4.66. The Kier molecular flexibility index (Phi) is 2.70. The highest BCUT2D eigenvalue weighted by molar-refractivity contribution is 5.98. The van der Waals surface area contributed by atoms with Gasteiger partial charge in [-0.05, 0) is 30.9 Å². The van der Waals surface area contributed by atoms with Gasteiger partial charge in [0, 0.05) is 11.6 Å². The van der Waals surface area contributed by atoms with Gasteiger partial charge in [-0.1, -0.05) is 24.3 Å². The molecule has 0 aliphatic heterocycles. The molecule has 1 amide bonds. The van der Waals surface area contributed by atoms with Gasteiger partial charge in [0.25, 0.3) is 5.91 Å². The fourth-order valence-corrected chi connectivity index (χ4v) is 2.49. The minimum Gasteiger partial charge on any atom is -0.267 e. The van der Waals surface area contributed by atoms with Gasteiger partial charge in [0.15, 0.2) is 0 Å². The van der Waals surface area contributed by atoms with Crippen molar-refractivity contribution >= 4 is 11.6 Å². The number of amides is 1. The number of halogens is 1. The van der Waals surface area contributed by atoms with Gasteiger partial charge in [-0.15, -0.1) is 0 Å². The minimum atomic E-state index is -0.524. The molecule has 3 nitrogen and oxygen atoms in total. The first kappa shape index (κ1) is 11.1. The second kappa shape index (κ2) is 4.37. The summed E-state index contributed by atoms with van der Waals surface area (Å²) in [6.45, 7) is 0. The zero-order chi connectivity index (χ0) is 12.5. The number of hydrogen-bond acceptors (Lipinski definition) is 2. The van der Waals surface area contributed by atoms with E-state index in [4.69, 9.17) is 0 Å². The molecule has 92 valence electrons. The Labute approximate surface area is 104 Å². The van der Waals surface area contributed by atoms with Crippen LogP contribution >= 0.6 is 0 Å². The van der Waals surface area contributed by atoms with Crippen molar-refractivity contribution in [1.82, 2.24) is 5.43 Å². The normalized spacial score (nSPS) is 26.8. The van der Waals surface area contributed by atoms with Crippen LogP contribution in [0.1, 0.15) is 23.2 Å². The van der Waals surface area contributed by atoms with Gasteiger partial charge in [-0.25, -0.2) is 9.82 Å². The van der Waals surface area contributed by atoms with Crippen molar-refractivity contribution in [3.8, 4) is 0 Å². The summed E-state index contributed by atoms with van der Waals surface area (Å²) in [6, 6.07) is 5.90. The highest BCUT2D eigenvalue weighted by Gasteiger charge is 2.38. The first-order valence-electron chi connectivity index (χ1n) is 6.03. The predicted octanol–water partition coefficient (Wildman–Crippen LogP) is 2.51. The van der Waals surface area contributed by atoms with E-state index in [9.17, 15) is 9.18 Å². The fourth-order valence-electron chi connectivity index (χ4n) is 2.49. The van der Waals surface area contributed by atoms with Crippen LogP contribution in [-0.2, 0) is 0 Å². The van der Waals surface area contributed by atoms with Gasteiger partial charge >= 0.3 is 0 Å². The summed E-state index contributed by atoms with van der Waals surface area (Å²) in [6.07, 6.45) is 6.25. The zero-order valence-electron chi connectivity index (χ0n) is 9.77.